The van der Waals surface area contributed by atoms with Gasteiger partial charge in [0, 0.05) is 23.9 Å². The quantitative estimate of drug-likeness (QED) is 0.700. The molecule has 0 aliphatic carbocycles. The fraction of sp³-hybridized carbons (Fsp3) is 0.600. The lowest BCUT2D eigenvalue weighted by molar-refractivity contribution is 0.506. The molecule has 3 atom stereocenters. The minimum Gasteiger partial charge on any atom is -0.313 e. The first-order chi connectivity index (χ1) is 6.29. The van der Waals surface area contributed by atoms with E-state index in [0.717, 1.165) is 6.54 Å². The maximum absolute atomic E-state index is 4.31. The first kappa shape index (κ1) is 8.63. The number of hydrogen-bond donors (Lipinski definition) is 1. The Morgan fingerprint density at radius 3 is 2.85 bits per heavy atom. The summed E-state index contributed by atoms with van der Waals surface area (Å²) in [5, 5.41) is 3.46. The Kier molecular flexibility index (Phi) is 2.27. The van der Waals surface area contributed by atoms with Crippen molar-refractivity contribution in [2.24, 2.45) is 5.92 Å². The molecule has 1 aliphatic rings. The van der Waals surface area contributed by atoms with Gasteiger partial charge in [-0.25, -0.2) is 9.97 Å². The summed E-state index contributed by atoms with van der Waals surface area (Å²) in [6.07, 6.45) is 3.45. The van der Waals surface area contributed by atoms with Crippen LogP contribution in [0.1, 0.15) is 25.5 Å². The SMILES string of the molecule is CC1CNC(C)C1c1ccncn1. The van der Waals surface area contributed by atoms with E-state index in [9.17, 15) is 0 Å². The molecular weight excluding hydrogens is 162 g/mol. The smallest absolute Gasteiger partial charge is 0.115 e. The van der Waals surface area contributed by atoms with Crippen LogP contribution in [0.3, 0.4) is 0 Å². The van der Waals surface area contributed by atoms with E-state index in [1.165, 1.54) is 5.69 Å². The summed E-state index contributed by atoms with van der Waals surface area (Å²) in [7, 11) is 0. The highest BCUT2D eigenvalue weighted by Gasteiger charge is 2.31. The van der Waals surface area contributed by atoms with E-state index in [1.807, 2.05) is 12.3 Å². The Morgan fingerprint density at radius 2 is 2.31 bits per heavy atom. The standard InChI is InChI=1S/C10H15N3/c1-7-5-12-8(2)10(7)9-3-4-11-6-13-9/h3-4,6-8,10,12H,5H2,1-2H3. The number of rotatable bonds is 1. The molecule has 0 spiro atoms. The van der Waals surface area contributed by atoms with Gasteiger partial charge in [0.1, 0.15) is 6.33 Å². The maximum atomic E-state index is 4.31. The van der Waals surface area contributed by atoms with Gasteiger partial charge in [-0.2, -0.15) is 0 Å². The van der Waals surface area contributed by atoms with Gasteiger partial charge in [0.25, 0.3) is 0 Å². The minimum atomic E-state index is 0.532. The van der Waals surface area contributed by atoms with Crippen LogP contribution in [-0.4, -0.2) is 22.6 Å². The molecule has 3 unspecified atom stereocenters. The first-order valence-corrected chi connectivity index (χ1v) is 4.78. The van der Waals surface area contributed by atoms with Gasteiger partial charge in [0.2, 0.25) is 0 Å². The number of hydrogen-bond acceptors (Lipinski definition) is 3. The normalized spacial score (nSPS) is 33.5. The summed E-state index contributed by atoms with van der Waals surface area (Å²) in [5.41, 5.74) is 1.17. The third-order valence-electron chi connectivity index (χ3n) is 2.86. The Balaban J connectivity index is 2.25. The second-order valence-corrected chi connectivity index (χ2v) is 3.83. The number of aromatic nitrogens is 2. The van der Waals surface area contributed by atoms with Gasteiger partial charge < -0.3 is 5.32 Å². The average molecular weight is 177 g/mol. The van der Waals surface area contributed by atoms with Gasteiger partial charge in [-0.15, -0.1) is 0 Å². The zero-order valence-corrected chi connectivity index (χ0v) is 8.07. The second-order valence-electron chi connectivity index (χ2n) is 3.83. The van der Waals surface area contributed by atoms with Gasteiger partial charge >= 0.3 is 0 Å². The van der Waals surface area contributed by atoms with E-state index >= 15 is 0 Å². The summed E-state index contributed by atoms with van der Waals surface area (Å²) < 4.78 is 0. The molecule has 1 N–H and O–H groups in total. The predicted octanol–water partition coefficient (Wildman–Crippen LogP) is 1.19. The number of nitrogens with one attached hydrogen (secondary N) is 1. The third kappa shape index (κ3) is 1.56. The Labute approximate surface area is 78.6 Å². The maximum Gasteiger partial charge on any atom is 0.115 e. The monoisotopic (exact) mass is 177 g/mol. The Morgan fingerprint density at radius 1 is 1.46 bits per heavy atom. The fourth-order valence-corrected chi connectivity index (χ4v) is 2.16. The summed E-state index contributed by atoms with van der Waals surface area (Å²) in [6.45, 7) is 5.58. The van der Waals surface area contributed by atoms with Crippen LogP contribution in [0, 0.1) is 5.92 Å². The lowest BCUT2D eigenvalue weighted by Gasteiger charge is -2.17. The molecule has 13 heavy (non-hydrogen) atoms. The molecule has 0 aromatic carbocycles. The van der Waals surface area contributed by atoms with E-state index in [0.29, 0.717) is 17.9 Å². The van der Waals surface area contributed by atoms with Crippen molar-refractivity contribution >= 4 is 0 Å². The van der Waals surface area contributed by atoms with Gasteiger partial charge in [0.15, 0.2) is 0 Å². The van der Waals surface area contributed by atoms with Gasteiger partial charge in [-0.1, -0.05) is 6.92 Å². The van der Waals surface area contributed by atoms with E-state index < -0.39 is 0 Å². The molecule has 0 radical (unpaired) electrons. The lowest BCUT2D eigenvalue weighted by atomic mass is 9.90. The highest BCUT2D eigenvalue weighted by atomic mass is 15.0. The Hall–Kier alpha value is -0.960. The molecule has 2 heterocycles. The third-order valence-corrected chi connectivity index (χ3v) is 2.86. The van der Waals surface area contributed by atoms with Crippen molar-refractivity contribution in [2.75, 3.05) is 6.54 Å². The molecular formula is C10H15N3. The number of nitrogens with zero attached hydrogens (tertiary/aromatic N) is 2. The highest BCUT2D eigenvalue weighted by Crippen LogP contribution is 2.30. The lowest BCUT2D eigenvalue weighted by Crippen LogP contribution is -2.22. The van der Waals surface area contributed by atoms with Crippen molar-refractivity contribution in [3.8, 4) is 0 Å². The minimum absolute atomic E-state index is 0.532. The van der Waals surface area contributed by atoms with E-state index in [1.54, 1.807) is 6.33 Å². The molecule has 0 saturated carbocycles. The molecule has 1 aliphatic heterocycles. The van der Waals surface area contributed by atoms with Crippen LogP contribution >= 0.6 is 0 Å². The molecule has 70 valence electrons. The van der Waals surface area contributed by atoms with Crippen LogP contribution in [-0.2, 0) is 0 Å². The van der Waals surface area contributed by atoms with Crippen LogP contribution in [0.2, 0.25) is 0 Å². The van der Waals surface area contributed by atoms with Crippen molar-refractivity contribution < 1.29 is 0 Å². The zero-order valence-electron chi connectivity index (χ0n) is 8.07. The van der Waals surface area contributed by atoms with Crippen LogP contribution in [0.15, 0.2) is 18.6 Å². The topological polar surface area (TPSA) is 37.8 Å². The van der Waals surface area contributed by atoms with Crippen molar-refractivity contribution in [1.82, 2.24) is 15.3 Å². The van der Waals surface area contributed by atoms with Crippen molar-refractivity contribution in [3.63, 3.8) is 0 Å². The largest absolute Gasteiger partial charge is 0.313 e. The summed E-state index contributed by atoms with van der Waals surface area (Å²) in [4.78, 5) is 8.25. The van der Waals surface area contributed by atoms with Crippen molar-refractivity contribution in [2.45, 2.75) is 25.8 Å². The molecule has 2 rings (SSSR count). The Bertz CT molecular complexity index is 263. The molecule has 3 heteroatoms. The van der Waals surface area contributed by atoms with Crippen LogP contribution in [0.4, 0.5) is 0 Å². The fourth-order valence-electron chi connectivity index (χ4n) is 2.16. The summed E-state index contributed by atoms with van der Waals surface area (Å²) in [6, 6.07) is 2.55. The molecule has 3 nitrogen and oxygen atoms in total. The van der Waals surface area contributed by atoms with Gasteiger partial charge in [0.05, 0.1) is 0 Å². The van der Waals surface area contributed by atoms with Crippen LogP contribution < -0.4 is 5.32 Å². The van der Waals surface area contributed by atoms with Gasteiger partial charge in [-0.3, -0.25) is 0 Å². The van der Waals surface area contributed by atoms with E-state index in [2.05, 4.69) is 29.1 Å². The highest BCUT2D eigenvalue weighted by molar-refractivity contribution is 5.13. The molecule has 1 fully saturated rings. The molecule has 0 amide bonds. The van der Waals surface area contributed by atoms with Crippen molar-refractivity contribution in [3.05, 3.63) is 24.3 Å². The van der Waals surface area contributed by atoms with E-state index in [-0.39, 0.29) is 0 Å². The molecule has 1 aromatic rings. The first-order valence-electron chi connectivity index (χ1n) is 4.78. The molecule has 0 bridgehead atoms. The predicted molar refractivity (Wildman–Crippen MR) is 51.4 cm³/mol. The van der Waals surface area contributed by atoms with Crippen molar-refractivity contribution in [1.29, 1.82) is 0 Å². The second kappa shape index (κ2) is 3.42. The summed E-state index contributed by atoms with van der Waals surface area (Å²) in [5.74, 6) is 1.22. The van der Waals surface area contributed by atoms with E-state index in [4.69, 9.17) is 0 Å². The van der Waals surface area contributed by atoms with Crippen LogP contribution in [0.5, 0.6) is 0 Å². The van der Waals surface area contributed by atoms with Gasteiger partial charge in [-0.05, 0) is 25.5 Å². The average Bonchev–Trinajstić information content (AvgIpc) is 2.48. The summed E-state index contributed by atoms with van der Waals surface area (Å²) >= 11 is 0. The van der Waals surface area contributed by atoms with Crippen LogP contribution in [0.25, 0.3) is 0 Å². The molecule has 1 aromatic heterocycles. The zero-order chi connectivity index (χ0) is 9.26. The molecule has 1 saturated heterocycles.